The van der Waals surface area contributed by atoms with Gasteiger partial charge in [0.15, 0.2) is 0 Å². The first-order valence-electron chi connectivity index (χ1n) is 9.64. The van der Waals surface area contributed by atoms with E-state index in [0.29, 0.717) is 25.3 Å². The summed E-state index contributed by atoms with van der Waals surface area (Å²) in [5.74, 6) is -0.304. The Hall–Kier alpha value is -3.02. The first-order chi connectivity index (χ1) is 13.5. The molecular weight excluding hydrogens is 354 g/mol. The summed E-state index contributed by atoms with van der Waals surface area (Å²) in [5.41, 5.74) is 4.71. The maximum absolute atomic E-state index is 12.6. The average molecular weight is 381 g/mol. The number of hydrogen-bond donors (Lipinski definition) is 1. The van der Waals surface area contributed by atoms with Crippen molar-refractivity contribution >= 4 is 23.4 Å². The molecule has 0 saturated carbocycles. The van der Waals surface area contributed by atoms with Crippen molar-refractivity contribution in [1.82, 2.24) is 4.90 Å². The number of aryl methyl sites for hydroxylation is 1. The van der Waals surface area contributed by atoms with Crippen LogP contribution in [0.5, 0.6) is 0 Å². The first kappa shape index (κ1) is 19.7. The molecule has 1 heterocycles. The smallest absolute Gasteiger partial charge is 0.338 e. The molecule has 0 aromatic heterocycles. The molecule has 6 heteroatoms. The monoisotopic (exact) mass is 381 g/mol. The fourth-order valence-electron chi connectivity index (χ4n) is 3.27. The van der Waals surface area contributed by atoms with Crippen LogP contribution in [0.3, 0.4) is 0 Å². The van der Waals surface area contributed by atoms with E-state index in [1.54, 1.807) is 19.1 Å². The van der Waals surface area contributed by atoms with Gasteiger partial charge in [-0.05, 0) is 62.2 Å². The van der Waals surface area contributed by atoms with Crippen LogP contribution in [0.25, 0.3) is 0 Å². The molecule has 2 aromatic carbocycles. The third kappa shape index (κ3) is 4.44. The topological polar surface area (TPSA) is 61.9 Å². The molecule has 1 N–H and O–H groups in total. The zero-order chi connectivity index (χ0) is 20.1. The number of esters is 1. The van der Waals surface area contributed by atoms with E-state index in [4.69, 9.17) is 4.74 Å². The molecule has 148 valence electrons. The van der Waals surface area contributed by atoms with E-state index in [2.05, 4.69) is 10.2 Å². The van der Waals surface area contributed by atoms with Gasteiger partial charge in [0.2, 0.25) is 0 Å². The van der Waals surface area contributed by atoms with Crippen molar-refractivity contribution in [1.29, 1.82) is 0 Å². The Morgan fingerprint density at radius 1 is 1.00 bits per heavy atom. The van der Waals surface area contributed by atoms with Crippen LogP contribution < -0.4 is 10.2 Å². The largest absolute Gasteiger partial charge is 0.462 e. The maximum atomic E-state index is 12.6. The number of hydrogen-bond acceptors (Lipinski definition) is 4. The Balaban J connectivity index is 1.56. The van der Waals surface area contributed by atoms with Gasteiger partial charge in [-0.1, -0.05) is 12.1 Å². The van der Waals surface area contributed by atoms with Gasteiger partial charge in [0.25, 0.3) is 0 Å². The van der Waals surface area contributed by atoms with Gasteiger partial charge in [-0.3, -0.25) is 0 Å². The highest BCUT2D eigenvalue weighted by atomic mass is 16.5. The highest BCUT2D eigenvalue weighted by molar-refractivity contribution is 5.91. The van der Waals surface area contributed by atoms with Crippen LogP contribution in [0.4, 0.5) is 16.2 Å². The lowest BCUT2D eigenvalue weighted by Gasteiger charge is -2.36. The minimum Gasteiger partial charge on any atom is -0.462 e. The van der Waals surface area contributed by atoms with Crippen molar-refractivity contribution in [2.45, 2.75) is 20.8 Å². The van der Waals surface area contributed by atoms with Gasteiger partial charge >= 0.3 is 12.0 Å². The van der Waals surface area contributed by atoms with Crippen LogP contribution in [0.1, 0.15) is 28.4 Å². The summed E-state index contributed by atoms with van der Waals surface area (Å²) in [4.78, 5) is 28.4. The lowest BCUT2D eigenvalue weighted by atomic mass is 10.1. The van der Waals surface area contributed by atoms with Gasteiger partial charge in [-0.2, -0.15) is 0 Å². The SMILES string of the molecule is CCOC(=O)c1ccc(N2CCN(C(=O)Nc3cccc(C)c3C)CC2)cc1. The highest BCUT2D eigenvalue weighted by Gasteiger charge is 2.22. The Morgan fingerprint density at radius 3 is 2.32 bits per heavy atom. The van der Waals surface area contributed by atoms with Crippen LogP contribution in [0.15, 0.2) is 42.5 Å². The fraction of sp³-hybridized carbons (Fsp3) is 0.364. The number of nitrogens with zero attached hydrogens (tertiary/aromatic N) is 2. The van der Waals surface area contributed by atoms with E-state index in [9.17, 15) is 9.59 Å². The number of carbonyl (C=O) groups excluding carboxylic acids is 2. The minimum atomic E-state index is -0.304. The Morgan fingerprint density at radius 2 is 1.68 bits per heavy atom. The number of nitrogens with one attached hydrogen (secondary N) is 1. The summed E-state index contributed by atoms with van der Waals surface area (Å²) in [6, 6.07) is 13.3. The van der Waals surface area contributed by atoms with E-state index in [1.165, 1.54) is 0 Å². The molecule has 1 aliphatic rings. The first-order valence-corrected chi connectivity index (χ1v) is 9.64. The van der Waals surface area contributed by atoms with Gasteiger partial charge in [-0.15, -0.1) is 0 Å². The summed E-state index contributed by atoms with van der Waals surface area (Å²) in [7, 11) is 0. The van der Waals surface area contributed by atoms with Gasteiger partial charge in [0.05, 0.1) is 12.2 Å². The van der Waals surface area contributed by atoms with Crippen LogP contribution in [0.2, 0.25) is 0 Å². The third-order valence-corrected chi connectivity index (χ3v) is 5.16. The van der Waals surface area contributed by atoms with E-state index in [0.717, 1.165) is 35.6 Å². The van der Waals surface area contributed by atoms with Gasteiger partial charge in [0, 0.05) is 37.6 Å². The van der Waals surface area contributed by atoms with Gasteiger partial charge < -0.3 is 19.9 Å². The van der Waals surface area contributed by atoms with Crippen molar-refractivity contribution < 1.29 is 14.3 Å². The number of ether oxygens (including phenoxy) is 1. The molecule has 0 bridgehead atoms. The summed E-state index contributed by atoms with van der Waals surface area (Å²) >= 11 is 0. The molecule has 0 aliphatic carbocycles. The Bertz CT molecular complexity index is 841. The lowest BCUT2D eigenvalue weighted by Crippen LogP contribution is -2.50. The predicted molar refractivity (Wildman–Crippen MR) is 111 cm³/mol. The number of amides is 2. The van der Waals surface area contributed by atoms with Crippen LogP contribution in [0, 0.1) is 13.8 Å². The standard InChI is InChI=1S/C22H27N3O3/c1-4-28-21(26)18-8-10-19(11-9-18)24-12-14-25(15-13-24)22(27)23-20-7-5-6-16(2)17(20)3/h5-11H,4,12-15H2,1-3H3,(H,23,27). The number of urea groups is 1. The third-order valence-electron chi connectivity index (χ3n) is 5.16. The lowest BCUT2D eigenvalue weighted by molar-refractivity contribution is 0.0526. The number of piperazine rings is 1. The van der Waals surface area contributed by atoms with Crippen molar-refractivity contribution in [2.75, 3.05) is 43.0 Å². The normalized spacial score (nSPS) is 14.0. The molecule has 1 saturated heterocycles. The van der Waals surface area contributed by atoms with Crippen LogP contribution in [-0.2, 0) is 4.74 Å². The Kier molecular flexibility index (Phi) is 6.19. The zero-order valence-electron chi connectivity index (χ0n) is 16.7. The molecule has 0 atom stereocenters. The number of benzene rings is 2. The molecule has 1 aliphatic heterocycles. The molecule has 1 fully saturated rings. The fourth-order valence-corrected chi connectivity index (χ4v) is 3.27. The summed E-state index contributed by atoms with van der Waals surface area (Å²) in [6.07, 6.45) is 0. The summed E-state index contributed by atoms with van der Waals surface area (Å²) < 4.78 is 5.01. The van der Waals surface area contributed by atoms with Gasteiger partial charge in [-0.25, -0.2) is 9.59 Å². The predicted octanol–water partition coefficient (Wildman–Crippen LogP) is 3.83. The van der Waals surface area contributed by atoms with Crippen molar-refractivity contribution in [3.8, 4) is 0 Å². The number of carbonyl (C=O) groups is 2. The van der Waals surface area contributed by atoms with Crippen molar-refractivity contribution in [3.05, 3.63) is 59.2 Å². The molecule has 0 spiro atoms. The van der Waals surface area contributed by atoms with E-state index < -0.39 is 0 Å². The second-order valence-electron chi connectivity index (χ2n) is 6.92. The molecule has 0 unspecified atom stereocenters. The maximum Gasteiger partial charge on any atom is 0.338 e. The van der Waals surface area contributed by atoms with Crippen LogP contribution >= 0.6 is 0 Å². The van der Waals surface area contributed by atoms with Gasteiger partial charge in [0.1, 0.15) is 0 Å². The molecular formula is C22H27N3O3. The molecule has 6 nitrogen and oxygen atoms in total. The average Bonchev–Trinajstić information content (AvgIpc) is 2.72. The minimum absolute atomic E-state index is 0.0639. The summed E-state index contributed by atoms with van der Waals surface area (Å²) in [6.45, 7) is 9.01. The molecule has 3 rings (SSSR count). The molecule has 2 amide bonds. The van der Waals surface area contributed by atoms with Crippen molar-refractivity contribution in [3.63, 3.8) is 0 Å². The van der Waals surface area contributed by atoms with Crippen molar-refractivity contribution in [2.24, 2.45) is 0 Å². The van der Waals surface area contributed by atoms with E-state index in [-0.39, 0.29) is 12.0 Å². The highest BCUT2D eigenvalue weighted by Crippen LogP contribution is 2.20. The van der Waals surface area contributed by atoms with E-state index >= 15 is 0 Å². The molecule has 0 radical (unpaired) electrons. The summed E-state index contributed by atoms with van der Waals surface area (Å²) in [5, 5.41) is 3.02. The molecule has 2 aromatic rings. The number of anilines is 2. The second-order valence-corrected chi connectivity index (χ2v) is 6.92. The second kappa shape index (κ2) is 8.78. The Labute approximate surface area is 166 Å². The van der Waals surface area contributed by atoms with E-state index in [1.807, 2.05) is 49.1 Å². The van der Waals surface area contributed by atoms with Crippen LogP contribution in [-0.4, -0.2) is 49.7 Å². The molecule has 28 heavy (non-hydrogen) atoms. The zero-order valence-corrected chi connectivity index (χ0v) is 16.7. The quantitative estimate of drug-likeness (QED) is 0.818. The number of rotatable bonds is 4.